The van der Waals surface area contributed by atoms with E-state index in [0.717, 1.165) is 5.56 Å². The zero-order chi connectivity index (χ0) is 17.3. The molecule has 1 heterocycles. The Labute approximate surface area is 140 Å². The van der Waals surface area contributed by atoms with Crippen molar-refractivity contribution in [2.75, 3.05) is 14.2 Å². The van der Waals surface area contributed by atoms with Crippen molar-refractivity contribution in [3.8, 4) is 11.5 Å². The van der Waals surface area contributed by atoms with Gasteiger partial charge in [-0.05, 0) is 31.2 Å². The minimum absolute atomic E-state index is 0.0900. The SMILES string of the molecule is COC1N=C(c2ccccc2O)N=C(c2cc(C)ccc2O)N1C. The summed E-state index contributed by atoms with van der Waals surface area (Å²) in [6.07, 6.45) is -0.605. The van der Waals surface area contributed by atoms with Gasteiger partial charge in [-0.3, -0.25) is 0 Å². The van der Waals surface area contributed by atoms with Gasteiger partial charge in [0.25, 0.3) is 0 Å². The first kappa shape index (κ1) is 16.0. The number of aliphatic imine (C=N–C) groups is 2. The number of aromatic hydroxyl groups is 2. The molecule has 124 valence electrons. The molecule has 0 aliphatic carbocycles. The Morgan fingerprint density at radius 2 is 1.75 bits per heavy atom. The number of nitrogens with zero attached hydrogens (tertiary/aromatic N) is 3. The van der Waals surface area contributed by atoms with Gasteiger partial charge in [0.15, 0.2) is 5.84 Å². The maximum atomic E-state index is 10.2. The minimum atomic E-state index is -0.605. The van der Waals surface area contributed by atoms with Crippen molar-refractivity contribution in [1.29, 1.82) is 0 Å². The summed E-state index contributed by atoms with van der Waals surface area (Å²) in [7, 11) is 3.34. The van der Waals surface area contributed by atoms with Gasteiger partial charge in [-0.15, -0.1) is 0 Å². The number of para-hydroxylation sites is 1. The molecule has 0 fully saturated rings. The summed E-state index contributed by atoms with van der Waals surface area (Å²) in [5, 5.41) is 20.3. The first-order chi connectivity index (χ1) is 11.5. The first-order valence-electron chi connectivity index (χ1n) is 7.51. The summed E-state index contributed by atoms with van der Waals surface area (Å²) in [6, 6.07) is 12.2. The van der Waals surface area contributed by atoms with Gasteiger partial charge in [-0.25, -0.2) is 9.98 Å². The Morgan fingerprint density at radius 1 is 1.04 bits per heavy atom. The summed E-state index contributed by atoms with van der Waals surface area (Å²) in [5.74, 6) is 1.09. The van der Waals surface area contributed by atoms with E-state index >= 15 is 0 Å². The van der Waals surface area contributed by atoms with Gasteiger partial charge >= 0.3 is 0 Å². The summed E-state index contributed by atoms with van der Waals surface area (Å²) in [5.41, 5.74) is 2.10. The second-order valence-corrected chi connectivity index (χ2v) is 5.60. The molecule has 2 aromatic carbocycles. The largest absolute Gasteiger partial charge is 0.507 e. The van der Waals surface area contributed by atoms with Crippen molar-refractivity contribution in [2.24, 2.45) is 9.98 Å². The maximum Gasteiger partial charge on any atom is 0.230 e. The van der Waals surface area contributed by atoms with E-state index in [0.29, 0.717) is 22.8 Å². The molecular formula is C18H19N3O3. The number of rotatable bonds is 3. The fraction of sp³-hybridized carbons (Fsp3) is 0.222. The van der Waals surface area contributed by atoms with Crippen LogP contribution in [0.5, 0.6) is 11.5 Å². The molecule has 2 N–H and O–H groups in total. The monoisotopic (exact) mass is 325 g/mol. The Kier molecular flexibility index (Phi) is 4.22. The molecule has 1 aliphatic heterocycles. The lowest BCUT2D eigenvalue weighted by atomic mass is 10.1. The summed E-state index contributed by atoms with van der Waals surface area (Å²) in [6.45, 7) is 1.94. The Hall–Kier alpha value is -2.86. The van der Waals surface area contributed by atoms with Crippen LogP contribution in [0.25, 0.3) is 0 Å². The average molecular weight is 325 g/mol. The predicted octanol–water partition coefficient (Wildman–Crippen LogP) is 2.48. The van der Waals surface area contributed by atoms with Crippen molar-refractivity contribution in [2.45, 2.75) is 13.3 Å². The third-order valence-corrected chi connectivity index (χ3v) is 3.86. The standard InChI is InChI=1S/C18H19N3O3/c1-11-8-9-15(23)13(10-11)17-19-16(20-18(24-3)21(17)2)12-6-4-5-7-14(12)22/h4-10,18,22-23H,1-3H3. The van der Waals surface area contributed by atoms with Crippen molar-refractivity contribution < 1.29 is 14.9 Å². The fourth-order valence-electron chi connectivity index (χ4n) is 2.59. The molecule has 24 heavy (non-hydrogen) atoms. The molecule has 0 saturated carbocycles. The summed E-state index contributed by atoms with van der Waals surface area (Å²) >= 11 is 0. The van der Waals surface area contributed by atoms with Crippen LogP contribution in [0.4, 0.5) is 0 Å². The van der Waals surface area contributed by atoms with Crippen LogP contribution in [0.15, 0.2) is 52.4 Å². The highest BCUT2D eigenvalue weighted by atomic mass is 16.5. The van der Waals surface area contributed by atoms with Crippen molar-refractivity contribution >= 4 is 11.7 Å². The smallest absolute Gasteiger partial charge is 0.230 e. The van der Waals surface area contributed by atoms with Gasteiger partial charge in [0, 0.05) is 14.2 Å². The highest BCUT2D eigenvalue weighted by Gasteiger charge is 2.27. The van der Waals surface area contributed by atoms with Crippen LogP contribution in [0.2, 0.25) is 0 Å². The van der Waals surface area contributed by atoms with E-state index in [1.807, 2.05) is 19.1 Å². The van der Waals surface area contributed by atoms with Crippen LogP contribution in [0, 0.1) is 6.92 Å². The van der Waals surface area contributed by atoms with E-state index in [-0.39, 0.29) is 11.5 Å². The van der Waals surface area contributed by atoms with Crippen molar-refractivity contribution in [3.63, 3.8) is 0 Å². The Bertz CT molecular complexity index is 830. The van der Waals surface area contributed by atoms with E-state index in [1.165, 1.54) is 0 Å². The van der Waals surface area contributed by atoms with Gasteiger partial charge in [0.1, 0.15) is 17.3 Å². The molecule has 6 nitrogen and oxygen atoms in total. The van der Waals surface area contributed by atoms with Gasteiger partial charge in [0.05, 0.1) is 11.1 Å². The number of hydrogen-bond acceptors (Lipinski definition) is 6. The van der Waals surface area contributed by atoms with E-state index in [1.54, 1.807) is 49.4 Å². The number of hydrogen-bond donors (Lipinski definition) is 2. The maximum absolute atomic E-state index is 10.2. The van der Waals surface area contributed by atoms with E-state index in [4.69, 9.17) is 4.74 Å². The lowest BCUT2D eigenvalue weighted by molar-refractivity contribution is 0.0257. The molecule has 6 heteroatoms. The molecule has 1 atom stereocenters. The highest BCUT2D eigenvalue weighted by Crippen LogP contribution is 2.26. The number of aryl methyl sites for hydroxylation is 1. The van der Waals surface area contributed by atoms with Gasteiger partial charge in [-0.1, -0.05) is 23.8 Å². The summed E-state index contributed by atoms with van der Waals surface area (Å²) < 4.78 is 5.41. The van der Waals surface area contributed by atoms with Crippen molar-refractivity contribution in [1.82, 2.24) is 4.90 Å². The molecule has 0 bridgehead atoms. The topological polar surface area (TPSA) is 77.6 Å². The van der Waals surface area contributed by atoms with Crippen LogP contribution in [0.3, 0.4) is 0 Å². The van der Waals surface area contributed by atoms with Crippen LogP contribution in [-0.4, -0.2) is 47.3 Å². The van der Waals surface area contributed by atoms with Crippen LogP contribution in [0.1, 0.15) is 16.7 Å². The lowest BCUT2D eigenvalue weighted by Gasteiger charge is -2.31. The average Bonchev–Trinajstić information content (AvgIpc) is 2.58. The molecule has 0 aromatic heterocycles. The normalized spacial score (nSPS) is 17.5. The number of ether oxygens (including phenoxy) is 1. The number of amidine groups is 2. The molecule has 0 spiro atoms. The Balaban J connectivity index is 2.15. The number of methoxy groups -OCH3 is 1. The van der Waals surface area contributed by atoms with Crippen LogP contribution in [-0.2, 0) is 4.74 Å². The molecule has 1 unspecified atom stereocenters. The van der Waals surface area contributed by atoms with Gasteiger partial charge < -0.3 is 19.8 Å². The first-order valence-corrected chi connectivity index (χ1v) is 7.51. The molecule has 2 aromatic rings. The third-order valence-electron chi connectivity index (χ3n) is 3.86. The van der Waals surface area contributed by atoms with E-state index in [2.05, 4.69) is 9.98 Å². The molecule has 0 saturated heterocycles. The van der Waals surface area contributed by atoms with Crippen LogP contribution >= 0.6 is 0 Å². The quantitative estimate of drug-likeness (QED) is 0.909. The van der Waals surface area contributed by atoms with E-state index in [9.17, 15) is 10.2 Å². The fourth-order valence-corrected chi connectivity index (χ4v) is 2.59. The van der Waals surface area contributed by atoms with Crippen molar-refractivity contribution in [3.05, 3.63) is 59.2 Å². The molecule has 3 rings (SSSR count). The molecule has 0 amide bonds. The number of phenolic OH excluding ortho intramolecular Hbond substituents is 2. The predicted molar refractivity (Wildman–Crippen MR) is 92.6 cm³/mol. The number of benzene rings is 2. The highest BCUT2D eigenvalue weighted by molar-refractivity contribution is 6.14. The van der Waals surface area contributed by atoms with E-state index < -0.39 is 6.35 Å². The second-order valence-electron chi connectivity index (χ2n) is 5.60. The van der Waals surface area contributed by atoms with Gasteiger partial charge in [-0.2, -0.15) is 0 Å². The Morgan fingerprint density at radius 3 is 2.46 bits per heavy atom. The molecule has 0 radical (unpaired) electrons. The zero-order valence-electron chi connectivity index (χ0n) is 13.8. The zero-order valence-corrected chi connectivity index (χ0v) is 13.8. The molecule has 1 aliphatic rings. The second kappa shape index (κ2) is 6.33. The summed E-state index contributed by atoms with van der Waals surface area (Å²) in [4.78, 5) is 10.7. The lowest BCUT2D eigenvalue weighted by Crippen LogP contribution is -2.41. The van der Waals surface area contributed by atoms with Gasteiger partial charge in [0.2, 0.25) is 6.35 Å². The minimum Gasteiger partial charge on any atom is -0.507 e. The number of phenols is 2. The third kappa shape index (κ3) is 2.83. The van der Waals surface area contributed by atoms with Crippen LogP contribution < -0.4 is 0 Å². The molecular weight excluding hydrogens is 306 g/mol.